The fourth-order valence-corrected chi connectivity index (χ4v) is 2.69. The van der Waals surface area contributed by atoms with Crippen LogP contribution in [0.5, 0.6) is 5.75 Å². The van der Waals surface area contributed by atoms with Gasteiger partial charge in [-0.25, -0.2) is 0 Å². The maximum Gasteiger partial charge on any atom is 0.307 e. The molecule has 1 aromatic rings. The second-order valence-electron chi connectivity index (χ2n) is 4.09. The lowest BCUT2D eigenvalue weighted by atomic mass is 10.2. The summed E-state index contributed by atoms with van der Waals surface area (Å²) < 4.78 is 11.3. The predicted molar refractivity (Wildman–Crippen MR) is 73.1 cm³/mol. The first-order chi connectivity index (χ1) is 7.59. The second-order valence-corrected chi connectivity index (χ2v) is 6.69. The zero-order valence-electron chi connectivity index (χ0n) is 9.94. The Morgan fingerprint density at radius 1 is 1.31 bits per heavy atom. The lowest BCUT2D eigenvalue weighted by Gasteiger charge is -2.14. The normalized spacial score (nSPS) is 12.8. The quantitative estimate of drug-likeness (QED) is 0.684. The summed E-state index contributed by atoms with van der Waals surface area (Å²) in [7, 11) is -0.991. The van der Waals surface area contributed by atoms with E-state index in [4.69, 9.17) is 9.05 Å². The first kappa shape index (κ1) is 14.0. The molecule has 0 radical (unpaired) electrons. The van der Waals surface area contributed by atoms with Gasteiger partial charge in [0, 0.05) is 15.5 Å². The molecule has 1 aromatic carbocycles. The van der Waals surface area contributed by atoms with Gasteiger partial charge in [0.2, 0.25) is 0 Å². The Labute approximate surface area is 107 Å². The molecule has 0 bridgehead atoms. The van der Waals surface area contributed by atoms with E-state index in [0.29, 0.717) is 5.92 Å². The van der Waals surface area contributed by atoms with Crippen LogP contribution in [0.2, 0.25) is 0 Å². The Morgan fingerprint density at radius 3 is 2.62 bits per heavy atom. The fraction of sp³-hybridized carbons (Fsp3) is 0.500. The number of hydrogen-bond acceptors (Lipinski definition) is 2. The van der Waals surface area contributed by atoms with Crippen LogP contribution in [0, 0.1) is 12.8 Å². The third-order valence-corrected chi connectivity index (χ3v) is 3.93. The minimum absolute atomic E-state index is 0.661. The van der Waals surface area contributed by atoms with Gasteiger partial charge in [0.1, 0.15) is 5.75 Å². The molecule has 0 saturated heterocycles. The Morgan fingerprint density at radius 2 is 2.00 bits per heavy atom. The minimum atomic E-state index is -0.991. The summed E-state index contributed by atoms with van der Waals surface area (Å²) in [5.74, 6) is 1.55. The number of para-hydroxylation sites is 1. The molecule has 0 aromatic heterocycles. The maximum absolute atomic E-state index is 5.69. The van der Waals surface area contributed by atoms with E-state index in [-0.39, 0.29) is 0 Å². The van der Waals surface area contributed by atoms with Crippen LogP contribution in [0.3, 0.4) is 0 Å². The zero-order chi connectivity index (χ0) is 12.0. The monoisotopic (exact) mass is 304 g/mol. The van der Waals surface area contributed by atoms with Crippen LogP contribution in [0.4, 0.5) is 0 Å². The Kier molecular flexibility index (Phi) is 6.33. The van der Waals surface area contributed by atoms with Crippen LogP contribution < -0.4 is 4.52 Å². The van der Waals surface area contributed by atoms with Crippen molar-refractivity contribution < 1.29 is 9.05 Å². The molecule has 4 heteroatoms. The van der Waals surface area contributed by atoms with Gasteiger partial charge < -0.3 is 9.05 Å². The third-order valence-electron chi connectivity index (χ3n) is 2.15. The fourth-order valence-electron chi connectivity index (χ4n) is 1.12. The molecule has 1 rings (SSSR count). The molecular weight excluding hydrogens is 287 g/mol. The van der Waals surface area contributed by atoms with E-state index in [0.717, 1.165) is 24.3 Å². The maximum atomic E-state index is 5.69. The van der Waals surface area contributed by atoms with Gasteiger partial charge in [-0.05, 0) is 30.9 Å². The molecule has 1 atom stereocenters. The summed E-state index contributed by atoms with van der Waals surface area (Å²) in [6.07, 6.45) is 1.06. The Hall–Kier alpha value is -0.110. The van der Waals surface area contributed by atoms with Crippen LogP contribution in [0.25, 0.3) is 0 Å². The summed E-state index contributed by atoms with van der Waals surface area (Å²) in [6, 6.07) is 7.95. The van der Waals surface area contributed by atoms with Gasteiger partial charge in [0.25, 0.3) is 0 Å². The highest BCUT2D eigenvalue weighted by Gasteiger charge is 2.09. The van der Waals surface area contributed by atoms with Crippen molar-refractivity contribution in [1.82, 2.24) is 0 Å². The van der Waals surface area contributed by atoms with Gasteiger partial charge in [-0.15, -0.1) is 0 Å². The van der Waals surface area contributed by atoms with E-state index in [1.165, 1.54) is 0 Å². The number of hydrogen-bond donors (Lipinski definition) is 0. The highest BCUT2D eigenvalue weighted by molar-refractivity contribution is 9.38. The average molecular weight is 305 g/mol. The zero-order valence-corrected chi connectivity index (χ0v) is 12.4. The van der Waals surface area contributed by atoms with E-state index in [1.54, 1.807) is 0 Å². The summed E-state index contributed by atoms with van der Waals surface area (Å²) in [5, 5.41) is 0. The van der Waals surface area contributed by atoms with Crippen molar-refractivity contribution >= 4 is 22.6 Å². The number of aryl methyl sites for hydroxylation is 1. The number of halogens is 1. The molecule has 0 aliphatic carbocycles. The van der Waals surface area contributed by atoms with Gasteiger partial charge in [-0.3, -0.25) is 0 Å². The van der Waals surface area contributed by atoms with Crippen molar-refractivity contribution in [2.24, 2.45) is 5.92 Å². The highest BCUT2D eigenvalue weighted by Crippen LogP contribution is 2.47. The third kappa shape index (κ3) is 5.29. The van der Waals surface area contributed by atoms with E-state index < -0.39 is 7.08 Å². The summed E-state index contributed by atoms with van der Waals surface area (Å²) in [5.41, 5.74) is 1.13. The van der Waals surface area contributed by atoms with Crippen molar-refractivity contribution in [3.05, 3.63) is 29.8 Å². The van der Waals surface area contributed by atoms with Gasteiger partial charge in [0.05, 0.1) is 6.61 Å². The molecule has 0 aliphatic heterocycles. The minimum Gasteiger partial charge on any atom is -0.439 e. The molecule has 16 heavy (non-hydrogen) atoms. The van der Waals surface area contributed by atoms with E-state index in [1.807, 2.05) is 31.2 Å². The second kappa shape index (κ2) is 7.26. The molecule has 1 unspecified atom stereocenters. The van der Waals surface area contributed by atoms with Gasteiger partial charge in [0.15, 0.2) is 0 Å². The SMILES string of the molecule is Cc1ccccc1OP(Br)OCCC(C)C. The smallest absolute Gasteiger partial charge is 0.307 e. The molecule has 0 heterocycles. The molecule has 0 saturated carbocycles. The Bertz CT molecular complexity index is 318. The van der Waals surface area contributed by atoms with Crippen molar-refractivity contribution in [2.75, 3.05) is 6.61 Å². The first-order valence-electron chi connectivity index (χ1n) is 5.42. The molecule has 0 aliphatic rings. The lowest BCUT2D eigenvalue weighted by Crippen LogP contribution is -1.96. The van der Waals surface area contributed by atoms with Gasteiger partial charge in [-0.2, -0.15) is 0 Å². The van der Waals surface area contributed by atoms with Crippen LogP contribution in [-0.4, -0.2) is 6.61 Å². The molecule has 90 valence electrons. The van der Waals surface area contributed by atoms with Crippen molar-refractivity contribution in [3.63, 3.8) is 0 Å². The molecule has 0 fully saturated rings. The van der Waals surface area contributed by atoms with E-state index >= 15 is 0 Å². The highest BCUT2D eigenvalue weighted by atomic mass is 79.9. The topological polar surface area (TPSA) is 18.5 Å². The molecule has 0 spiro atoms. The van der Waals surface area contributed by atoms with Crippen LogP contribution >= 0.6 is 22.6 Å². The largest absolute Gasteiger partial charge is 0.439 e. The summed E-state index contributed by atoms with van der Waals surface area (Å²) in [4.78, 5) is 0. The molecule has 2 nitrogen and oxygen atoms in total. The molecule has 0 amide bonds. The number of rotatable bonds is 6. The first-order valence-corrected chi connectivity index (χ1v) is 8.61. The molecular formula is C12H18BrO2P. The van der Waals surface area contributed by atoms with Crippen LogP contribution in [0.15, 0.2) is 24.3 Å². The van der Waals surface area contributed by atoms with Crippen molar-refractivity contribution in [3.8, 4) is 5.75 Å². The van der Waals surface area contributed by atoms with Crippen molar-refractivity contribution in [2.45, 2.75) is 27.2 Å². The van der Waals surface area contributed by atoms with E-state index in [9.17, 15) is 0 Å². The molecule has 0 N–H and O–H groups in total. The van der Waals surface area contributed by atoms with Crippen LogP contribution in [0.1, 0.15) is 25.8 Å². The van der Waals surface area contributed by atoms with Gasteiger partial charge in [-0.1, -0.05) is 32.0 Å². The summed E-state index contributed by atoms with van der Waals surface area (Å²) >= 11 is 3.42. The predicted octanol–water partition coefficient (Wildman–Crippen LogP) is 5.06. The average Bonchev–Trinajstić information content (AvgIpc) is 2.21. The lowest BCUT2D eigenvalue weighted by molar-refractivity contribution is 0.298. The Balaban J connectivity index is 2.34. The van der Waals surface area contributed by atoms with Crippen LogP contribution in [-0.2, 0) is 4.52 Å². The summed E-state index contributed by atoms with van der Waals surface area (Å²) in [6.45, 7) is 7.13. The number of benzene rings is 1. The van der Waals surface area contributed by atoms with E-state index in [2.05, 4.69) is 29.3 Å². The van der Waals surface area contributed by atoms with Gasteiger partial charge >= 0.3 is 7.08 Å². The van der Waals surface area contributed by atoms with Crippen molar-refractivity contribution in [1.29, 1.82) is 0 Å². The standard InChI is InChI=1S/C12H18BrO2P/c1-10(2)8-9-14-16(13)15-12-7-5-4-6-11(12)3/h4-7,10H,8-9H2,1-3H3.